The molecule has 2 heterocycles. The topological polar surface area (TPSA) is 25.2 Å². The first-order chi connectivity index (χ1) is 8.20. The van der Waals surface area contributed by atoms with Crippen LogP contribution in [-0.4, -0.2) is 23.9 Å². The van der Waals surface area contributed by atoms with E-state index in [-0.39, 0.29) is 5.78 Å². The summed E-state index contributed by atoms with van der Waals surface area (Å²) < 4.78 is 2.27. The van der Waals surface area contributed by atoms with Crippen LogP contribution < -0.4 is 4.90 Å². The molecule has 1 aromatic carbocycles. The third-order valence-electron chi connectivity index (χ3n) is 3.53. The third kappa shape index (κ3) is 1.38. The van der Waals surface area contributed by atoms with E-state index in [0.29, 0.717) is 0 Å². The maximum absolute atomic E-state index is 11.9. The average Bonchev–Trinajstić information content (AvgIpc) is 2.65. The highest BCUT2D eigenvalue weighted by Crippen LogP contribution is 2.35. The molecule has 3 rings (SSSR count). The number of hydrogen-bond acceptors (Lipinski definition) is 2. The second kappa shape index (κ2) is 3.62. The number of aromatic nitrogens is 1. The molecular formula is C14H16N2O. The van der Waals surface area contributed by atoms with Crippen molar-refractivity contribution in [3.05, 3.63) is 29.8 Å². The molecule has 0 radical (unpaired) electrons. The molecule has 88 valence electrons. The van der Waals surface area contributed by atoms with Crippen molar-refractivity contribution in [3.63, 3.8) is 0 Å². The monoisotopic (exact) mass is 228 g/mol. The van der Waals surface area contributed by atoms with Crippen LogP contribution in [0.2, 0.25) is 0 Å². The van der Waals surface area contributed by atoms with Crippen LogP contribution in [0.5, 0.6) is 0 Å². The molecule has 0 spiro atoms. The molecule has 0 saturated heterocycles. The van der Waals surface area contributed by atoms with E-state index in [1.165, 1.54) is 5.52 Å². The van der Waals surface area contributed by atoms with E-state index in [2.05, 4.69) is 22.6 Å². The van der Waals surface area contributed by atoms with Gasteiger partial charge in [-0.1, -0.05) is 18.2 Å². The van der Waals surface area contributed by atoms with Crippen LogP contribution >= 0.6 is 0 Å². The zero-order chi connectivity index (χ0) is 12.0. The summed E-state index contributed by atoms with van der Waals surface area (Å²) in [5.41, 5.74) is 2.06. The van der Waals surface area contributed by atoms with Gasteiger partial charge in [0.1, 0.15) is 5.82 Å². The molecule has 0 amide bonds. The lowest BCUT2D eigenvalue weighted by atomic mass is 10.1. The first kappa shape index (κ1) is 10.4. The predicted octanol–water partition coefficient (Wildman–Crippen LogP) is 2.68. The van der Waals surface area contributed by atoms with Crippen LogP contribution in [0.1, 0.15) is 23.7 Å². The minimum atomic E-state index is 0.156. The Morgan fingerprint density at radius 1 is 1.24 bits per heavy atom. The fourth-order valence-corrected chi connectivity index (χ4v) is 2.83. The predicted molar refractivity (Wildman–Crippen MR) is 69.8 cm³/mol. The minimum Gasteiger partial charge on any atom is -0.360 e. The summed E-state index contributed by atoms with van der Waals surface area (Å²) in [5.74, 6) is 1.24. The Bertz CT molecular complexity index is 598. The van der Waals surface area contributed by atoms with Crippen LogP contribution in [0, 0.1) is 0 Å². The molecule has 3 heteroatoms. The Labute approximate surface area is 101 Å². The lowest BCUT2D eigenvalue weighted by Crippen LogP contribution is -2.28. The zero-order valence-corrected chi connectivity index (χ0v) is 10.2. The van der Waals surface area contributed by atoms with Gasteiger partial charge in [0.05, 0.1) is 11.1 Å². The lowest BCUT2D eigenvalue weighted by Gasteiger charge is -2.28. The number of anilines is 1. The molecule has 0 unspecified atom stereocenters. The number of ketones is 1. The molecule has 3 nitrogen and oxygen atoms in total. The van der Waals surface area contributed by atoms with E-state index in [0.717, 1.165) is 36.3 Å². The molecule has 1 aromatic heterocycles. The molecular weight excluding hydrogens is 212 g/mol. The lowest BCUT2D eigenvalue weighted by molar-refractivity contribution is 0.101. The number of benzene rings is 1. The van der Waals surface area contributed by atoms with E-state index >= 15 is 0 Å². The van der Waals surface area contributed by atoms with Crippen LogP contribution in [0.25, 0.3) is 10.9 Å². The fraction of sp³-hybridized carbons (Fsp3) is 0.357. The Morgan fingerprint density at radius 2 is 2.00 bits per heavy atom. The van der Waals surface area contributed by atoms with Crippen molar-refractivity contribution in [2.24, 2.45) is 0 Å². The van der Waals surface area contributed by atoms with Crippen molar-refractivity contribution in [1.82, 2.24) is 4.57 Å². The number of para-hydroxylation sites is 1. The summed E-state index contributed by atoms with van der Waals surface area (Å²) in [6.07, 6.45) is 1.14. The van der Waals surface area contributed by atoms with Crippen molar-refractivity contribution < 1.29 is 4.79 Å². The van der Waals surface area contributed by atoms with Crippen molar-refractivity contribution in [2.45, 2.75) is 19.9 Å². The highest BCUT2D eigenvalue weighted by Gasteiger charge is 2.24. The Kier molecular flexibility index (Phi) is 2.21. The summed E-state index contributed by atoms with van der Waals surface area (Å²) in [6.45, 7) is 3.69. The van der Waals surface area contributed by atoms with Crippen LogP contribution in [0.3, 0.4) is 0 Å². The number of fused-ring (bicyclic) bond motifs is 3. The van der Waals surface area contributed by atoms with Gasteiger partial charge in [-0.3, -0.25) is 4.79 Å². The molecule has 0 N–H and O–H groups in total. The van der Waals surface area contributed by atoms with Crippen LogP contribution in [-0.2, 0) is 6.54 Å². The Balaban J connectivity index is 2.43. The normalized spacial score (nSPS) is 15.1. The molecule has 0 fully saturated rings. The minimum absolute atomic E-state index is 0.156. The van der Waals surface area contributed by atoms with E-state index < -0.39 is 0 Å². The molecule has 0 bridgehead atoms. The maximum Gasteiger partial charge on any atom is 0.164 e. The number of carbonyl (C=O) groups is 1. The maximum atomic E-state index is 11.9. The second-order valence-electron chi connectivity index (χ2n) is 4.70. The van der Waals surface area contributed by atoms with Crippen LogP contribution in [0.15, 0.2) is 24.3 Å². The van der Waals surface area contributed by atoms with Gasteiger partial charge in [-0.25, -0.2) is 0 Å². The number of nitrogens with zero attached hydrogens (tertiary/aromatic N) is 2. The molecule has 17 heavy (non-hydrogen) atoms. The first-order valence-corrected chi connectivity index (χ1v) is 6.03. The first-order valence-electron chi connectivity index (χ1n) is 6.03. The molecule has 0 aliphatic carbocycles. The number of hydrogen-bond donors (Lipinski definition) is 0. The highest BCUT2D eigenvalue weighted by atomic mass is 16.1. The summed E-state index contributed by atoms with van der Waals surface area (Å²) in [7, 11) is 2.07. The van der Waals surface area contributed by atoms with E-state index in [9.17, 15) is 4.79 Å². The smallest absolute Gasteiger partial charge is 0.164 e. The van der Waals surface area contributed by atoms with Crippen molar-refractivity contribution in [2.75, 3.05) is 18.5 Å². The average molecular weight is 228 g/mol. The largest absolute Gasteiger partial charge is 0.360 e. The number of rotatable bonds is 1. The molecule has 1 aliphatic heterocycles. The summed E-state index contributed by atoms with van der Waals surface area (Å²) in [6, 6.07) is 8.19. The van der Waals surface area contributed by atoms with Gasteiger partial charge in [-0.15, -0.1) is 0 Å². The van der Waals surface area contributed by atoms with Gasteiger partial charge in [0, 0.05) is 25.5 Å². The second-order valence-corrected chi connectivity index (χ2v) is 4.70. The van der Waals surface area contributed by atoms with Gasteiger partial charge < -0.3 is 9.47 Å². The molecule has 0 atom stereocenters. The summed E-state index contributed by atoms with van der Waals surface area (Å²) in [4.78, 5) is 14.1. The van der Waals surface area contributed by atoms with Crippen molar-refractivity contribution >= 4 is 22.5 Å². The SMILES string of the molecule is CC(=O)c1c2n(c3ccccc13)CCCN2C. The van der Waals surface area contributed by atoms with Crippen molar-refractivity contribution in [3.8, 4) is 0 Å². The fourth-order valence-electron chi connectivity index (χ4n) is 2.83. The Morgan fingerprint density at radius 3 is 2.76 bits per heavy atom. The summed E-state index contributed by atoms with van der Waals surface area (Å²) >= 11 is 0. The number of aryl methyl sites for hydroxylation is 1. The van der Waals surface area contributed by atoms with Crippen molar-refractivity contribution in [1.29, 1.82) is 0 Å². The van der Waals surface area contributed by atoms with Gasteiger partial charge in [0.25, 0.3) is 0 Å². The quantitative estimate of drug-likeness (QED) is 0.701. The third-order valence-corrected chi connectivity index (χ3v) is 3.53. The summed E-state index contributed by atoms with van der Waals surface area (Å²) in [5, 5.41) is 1.09. The Hall–Kier alpha value is -1.77. The standard InChI is InChI=1S/C14H16N2O/c1-10(17)13-11-6-3-4-7-12(11)16-9-5-8-15(2)14(13)16/h3-4,6-7H,5,8-9H2,1-2H3. The van der Waals surface area contributed by atoms with Gasteiger partial charge in [0.2, 0.25) is 0 Å². The molecule has 1 aliphatic rings. The number of carbonyl (C=O) groups excluding carboxylic acids is 1. The van der Waals surface area contributed by atoms with Crippen LogP contribution in [0.4, 0.5) is 5.82 Å². The van der Waals surface area contributed by atoms with E-state index in [1.54, 1.807) is 6.92 Å². The van der Waals surface area contributed by atoms with Gasteiger partial charge in [0.15, 0.2) is 5.78 Å². The molecule has 2 aromatic rings. The van der Waals surface area contributed by atoms with Gasteiger partial charge >= 0.3 is 0 Å². The molecule has 0 saturated carbocycles. The van der Waals surface area contributed by atoms with E-state index in [4.69, 9.17) is 0 Å². The zero-order valence-electron chi connectivity index (χ0n) is 10.2. The van der Waals surface area contributed by atoms with E-state index in [1.807, 2.05) is 18.2 Å². The van der Waals surface area contributed by atoms with Gasteiger partial charge in [-0.2, -0.15) is 0 Å². The van der Waals surface area contributed by atoms with Gasteiger partial charge in [-0.05, 0) is 19.4 Å². The number of Topliss-reactive ketones (excluding diaryl/α,β-unsaturated/α-hetero) is 1. The highest BCUT2D eigenvalue weighted by molar-refractivity contribution is 6.12.